The Morgan fingerprint density at radius 3 is 2.61 bits per heavy atom. The van der Waals surface area contributed by atoms with Gasteiger partial charge in [-0.05, 0) is 74.0 Å². The lowest BCUT2D eigenvalue weighted by atomic mass is 10.1. The van der Waals surface area contributed by atoms with Gasteiger partial charge in [0.2, 0.25) is 0 Å². The van der Waals surface area contributed by atoms with Gasteiger partial charge in [0.15, 0.2) is 0 Å². The Kier molecular flexibility index (Phi) is 6.58. The van der Waals surface area contributed by atoms with Gasteiger partial charge in [-0.15, -0.1) is 0 Å². The second-order valence-electron chi connectivity index (χ2n) is 5.65. The Balaban J connectivity index is 2.42. The van der Waals surface area contributed by atoms with Crippen molar-refractivity contribution in [2.24, 2.45) is 0 Å². The minimum Gasteiger partial charge on any atom is -0.311 e. The summed E-state index contributed by atoms with van der Waals surface area (Å²) in [4.78, 5) is 0. The summed E-state index contributed by atoms with van der Waals surface area (Å²) in [5.74, 6) is 0. The lowest BCUT2D eigenvalue weighted by Crippen LogP contribution is -2.44. The monoisotopic (exact) mass is 424 g/mol. The van der Waals surface area contributed by atoms with Gasteiger partial charge in [0.05, 0.1) is 0 Å². The zero-order valence-corrected chi connectivity index (χ0v) is 15.2. The van der Waals surface area contributed by atoms with Crippen LogP contribution in [0.1, 0.15) is 33.3 Å². The van der Waals surface area contributed by atoms with Gasteiger partial charge < -0.3 is 10.6 Å². The fourth-order valence-electron chi connectivity index (χ4n) is 1.49. The predicted molar refractivity (Wildman–Crippen MR) is 90.9 cm³/mol. The maximum Gasteiger partial charge on any atom is 0.0220 e. The molecule has 0 aliphatic rings. The molecule has 0 aliphatic heterocycles. The van der Waals surface area contributed by atoms with Crippen molar-refractivity contribution in [3.8, 4) is 0 Å². The summed E-state index contributed by atoms with van der Waals surface area (Å²) in [6.45, 7) is 10.7. The maximum atomic E-state index is 3.59. The molecule has 4 heteroatoms. The van der Waals surface area contributed by atoms with Crippen LogP contribution >= 0.6 is 38.5 Å². The Hall–Kier alpha value is 0.350. The SMILES string of the molecule is CC(CNC(C)(C)C)NCc1cc(I)ccc1Br. The third-order valence-electron chi connectivity index (χ3n) is 2.59. The predicted octanol–water partition coefficient (Wildman–Crippen LogP) is 3.92. The van der Waals surface area contributed by atoms with E-state index in [2.05, 4.69) is 95.0 Å². The van der Waals surface area contributed by atoms with E-state index in [1.54, 1.807) is 0 Å². The van der Waals surface area contributed by atoms with Crippen LogP contribution in [0, 0.1) is 3.57 Å². The Bertz CT molecular complexity index is 388. The molecular formula is C14H22BrIN2. The quantitative estimate of drug-likeness (QED) is 0.700. The van der Waals surface area contributed by atoms with E-state index in [1.165, 1.54) is 13.6 Å². The summed E-state index contributed by atoms with van der Waals surface area (Å²) in [6.07, 6.45) is 0. The molecule has 2 N–H and O–H groups in total. The fraction of sp³-hybridized carbons (Fsp3) is 0.571. The average Bonchev–Trinajstić information content (AvgIpc) is 2.26. The van der Waals surface area contributed by atoms with Gasteiger partial charge in [-0.3, -0.25) is 0 Å². The molecule has 102 valence electrons. The molecule has 0 bridgehead atoms. The highest BCUT2D eigenvalue weighted by Crippen LogP contribution is 2.19. The number of nitrogens with one attached hydrogen (secondary N) is 2. The minimum absolute atomic E-state index is 0.179. The van der Waals surface area contributed by atoms with E-state index in [9.17, 15) is 0 Å². The van der Waals surface area contributed by atoms with Crippen molar-refractivity contribution in [3.05, 3.63) is 31.8 Å². The van der Waals surface area contributed by atoms with Gasteiger partial charge in [0.1, 0.15) is 0 Å². The van der Waals surface area contributed by atoms with Crippen LogP contribution in [0.3, 0.4) is 0 Å². The maximum absolute atomic E-state index is 3.59. The van der Waals surface area contributed by atoms with Crippen LogP contribution < -0.4 is 10.6 Å². The first kappa shape index (κ1) is 16.4. The van der Waals surface area contributed by atoms with Crippen LogP contribution in [0.25, 0.3) is 0 Å². The molecule has 18 heavy (non-hydrogen) atoms. The van der Waals surface area contributed by atoms with Gasteiger partial charge in [-0.25, -0.2) is 0 Å². The minimum atomic E-state index is 0.179. The van der Waals surface area contributed by atoms with Gasteiger partial charge in [-0.2, -0.15) is 0 Å². The van der Waals surface area contributed by atoms with Crippen molar-refractivity contribution in [2.75, 3.05) is 6.54 Å². The van der Waals surface area contributed by atoms with Crippen molar-refractivity contribution < 1.29 is 0 Å². The Morgan fingerprint density at radius 1 is 1.33 bits per heavy atom. The molecule has 0 aromatic heterocycles. The molecular weight excluding hydrogens is 403 g/mol. The molecule has 2 nitrogen and oxygen atoms in total. The second kappa shape index (κ2) is 7.22. The van der Waals surface area contributed by atoms with Crippen LogP contribution in [0.15, 0.2) is 22.7 Å². The zero-order valence-electron chi connectivity index (χ0n) is 11.5. The number of rotatable bonds is 5. The van der Waals surface area contributed by atoms with E-state index >= 15 is 0 Å². The number of halogens is 2. The molecule has 1 atom stereocenters. The van der Waals surface area contributed by atoms with E-state index in [0.29, 0.717) is 6.04 Å². The van der Waals surface area contributed by atoms with Crippen LogP contribution in [-0.2, 0) is 6.54 Å². The van der Waals surface area contributed by atoms with Crippen LogP contribution in [-0.4, -0.2) is 18.1 Å². The summed E-state index contributed by atoms with van der Waals surface area (Å²) < 4.78 is 2.44. The number of hydrogen-bond acceptors (Lipinski definition) is 2. The highest BCUT2D eigenvalue weighted by Gasteiger charge is 2.11. The molecule has 1 aromatic rings. The first-order chi connectivity index (χ1) is 8.28. The van der Waals surface area contributed by atoms with Crippen molar-refractivity contribution >= 4 is 38.5 Å². The van der Waals surface area contributed by atoms with Gasteiger partial charge in [0.25, 0.3) is 0 Å². The third kappa shape index (κ3) is 6.50. The van der Waals surface area contributed by atoms with E-state index in [1.807, 2.05) is 0 Å². The van der Waals surface area contributed by atoms with E-state index in [0.717, 1.165) is 13.1 Å². The molecule has 0 saturated carbocycles. The molecule has 1 rings (SSSR count). The summed E-state index contributed by atoms with van der Waals surface area (Å²) in [6, 6.07) is 6.88. The topological polar surface area (TPSA) is 24.1 Å². The molecule has 1 aromatic carbocycles. The van der Waals surface area contributed by atoms with Crippen LogP contribution in [0.5, 0.6) is 0 Å². The molecule has 0 spiro atoms. The van der Waals surface area contributed by atoms with Gasteiger partial charge in [0, 0.05) is 32.7 Å². The second-order valence-corrected chi connectivity index (χ2v) is 7.75. The number of hydrogen-bond donors (Lipinski definition) is 2. The van der Waals surface area contributed by atoms with Crippen molar-refractivity contribution in [1.29, 1.82) is 0 Å². The average molecular weight is 425 g/mol. The third-order valence-corrected chi connectivity index (χ3v) is 4.03. The first-order valence-corrected chi connectivity index (χ1v) is 8.07. The van der Waals surface area contributed by atoms with Crippen molar-refractivity contribution in [2.45, 2.75) is 45.8 Å². The Morgan fingerprint density at radius 2 is 2.00 bits per heavy atom. The molecule has 0 radical (unpaired) electrons. The summed E-state index contributed by atoms with van der Waals surface area (Å²) >= 11 is 5.94. The van der Waals surface area contributed by atoms with E-state index in [4.69, 9.17) is 0 Å². The molecule has 0 aliphatic carbocycles. The summed E-state index contributed by atoms with van der Waals surface area (Å²) in [7, 11) is 0. The zero-order chi connectivity index (χ0) is 13.8. The Labute approximate surface area is 133 Å². The van der Waals surface area contributed by atoms with Crippen LogP contribution in [0.4, 0.5) is 0 Å². The first-order valence-electron chi connectivity index (χ1n) is 6.20. The smallest absolute Gasteiger partial charge is 0.0220 e. The normalized spacial score (nSPS) is 13.7. The molecule has 0 amide bonds. The largest absolute Gasteiger partial charge is 0.311 e. The summed E-state index contributed by atoms with van der Waals surface area (Å²) in [5.41, 5.74) is 1.49. The van der Waals surface area contributed by atoms with Gasteiger partial charge >= 0.3 is 0 Å². The molecule has 0 saturated heterocycles. The summed E-state index contributed by atoms with van der Waals surface area (Å²) in [5, 5.41) is 7.05. The highest BCUT2D eigenvalue weighted by molar-refractivity contribution is 14.1. The standard InChI is InChI=1S/C14H22BrIN2/c1-10(8-18-14(2,3)4)17-9-11-7-12(16)5-6-13(11)15/h5-7,10,17-18H,8-9H2,1-4H3. The van der Waals surface area contributed by atoms with Crippen molar-refractivity contribution in [3.63, 3.8) is 0 Å². The van der Waals surface area contributed by atoms with Gasteiger partial charge in [-0.1, -0.05) is 15.9 Å². The van der Waals surface area contributed by atoms with E-state index in [-0.39, 0.29) is 5.54 Å². The lowest BCUT2D eigenvalue weighted by Gasteiger charge is -2.24. The molecule has 0 fully saturated rings. The van der Waals surface area contributed by atoms with Crippen molar-refractivity contribution in [1.82, 2.24) is 10.6 Å². The highest BCUT2D eigenvalue weighted by atomic mass is 127. The fourth-order valence-corrected chi connectivity index (χ4v) is 2.44. The van der Waals surface area contributed by atoms with E-state index < -0.39 is 0 Å². The van der Waals surface area contributed by atoms with Crippen LogP contribution in [0.2, 0.25) is 0 Å². The number of benzene rings is 1. The molecule has 0 heterocycles. The molecule has 1 unspecified atom stereocenters. The lowest BCUT2D eigenvalue weighted by molar-refractivity contribution is 0.387.